The van der Waals surface area contributed by atoms with Crippen molar-refractivity contribution in [1.29, 1.82) is 0 Å². The monoisotopic (exact) mass is 769 g/mol. The van der Waals surface area contributed by atoms with Crippen molar-refractivity contribution in [1.82, 2.24) is 25.2 Å². The SMILES string of the molecule is Cn1nnc(N(Cc2cc(C(F)(F)F)cc(C(F)(F)F)c2)Cc2cc(C(F)(F)F)cnc2N2CCC[C@@H]2C2CCC(CCOCc3ccccc3)CC2)n1. The lowest BCUT2D eigenvalue weighted by Crippen LogP contribution is -2.39. The van der Waals surface area contributed by atoms with Gasteiger partial charge in [-0.1, -0.05) is 48.3 Å². The van der Waals surface area contributed by atoms with Crippen molar-refractivity contribution < 1.29 is 44.3 Å². The predicted octanol–water partition coefficient (Wildman–Crippen LogP) is 9.25. The van der Waals surface area contributed by atoms with Gasteiger partial charge in [-0.3, -0.25) is 0 Å². The second kappa shape index (κ2) is 16.1. The van der Waals surface area contributed by atoms with Crippen LogP contribution in [0.2, 0.25) is 0 Å². The normalized spacial score (nSPS) is 19.7. The molecular formula is C37H40F9N7O. The van der Waals surface area contributed by atoms with Gasteiger partial charge in [-0.25, -0.2) is 4.98 Å². The molecule has 0 N–H and O–H groups in total. The third kappa shape index (κ3) is 9.82. The highest BCUT2D eigenvalue weighted by molar-refractivity contribution is 5.53. The Balaban J connectivity index is 1.23. The standard InChI is InChI=1S/C37H40F9N7O/c1-51-49-34(48-50-51)52(21-26-16-29(35(38,39)40)19-30(17-26)36(41,42)43)22-28-18-31(37(44,45)46)20-47-33(28)53-14-5-8-32(53)27-11-9-24(10-12-27)13-15-54-23-25-6-3-2-4-7-25/h2-4,6-7,16-20,24,27,32H,5,8-15,21-23H2,1H3/t24?,27?,32-/m1/s1. The summed E-state index contributed by atoms with van der Waals surface area (Å²) < 4.78 is 130. The molecule has 3 heterocycles. The van der Waals surface area contributed by atoms with Gasteiger partial charge in [-0.2, -0.15) is 44.3 Å². The van der Waals surface area contributed by atoms with Gasteiger partial charge >= 0.3 is 18.5 Å². The van der Waals surface area contributed by atoms with Crippen LogP contribution in [-0.4, -0.2) is 44.4 Å². The summed E-state index contributed by atoms with van der Waals surface area (Å²) in [5, 5.41) is 11.7. The van der Waals surface area contributed by atoms with E-state index in [0.29, 0.717) is 37.8 Å². The van der Waals surface area contributed by atoms with Crippen LogP contribution in [-0.2, 0) is 50.0 Å². The number of hydrogen-bond donors (Lipinski definition) is 0. The molecule has 1 saturated heterocycles. The zero-order valence-electron chi connectivity index (χ0n) is 29.4. The molecule has 292 valence electrons. The minimum Gasteiger partial charge on any atom is -0.377 e. The lowest BCUT2D eigenvalue weighted by molar-refractivity contribution is -0.143. The highest BCUT2D eigenvalue weighted by Crippen LogP contribution is 2.42. The zero-order valence-corrected chi connectivity index (χ0v) is 29.4. The Kier molecular flexibility index (Phi) is 11.7. The molecule has 4 aromatic rings. The number of pyridine rings is 1. The lowest BCUT2D eigenvalue weighted by Gasteiger charge is -2.38. The zero-order chi connectivity index (χ0) is 38.7. The summed E-state index contributed by atoms with van der Waals surface area (Å²) in [5.74, 6) is 0.828. The molecule has 1 saturated carbocycles. The second-order valence-electron chi connectivity index (χ2n) is 14.1. The Morgan fingerprint density at radius 1 is 0.778 bits per heavy atom. The average Bonchev–Trinajstić information content (AvgIpc) is 3.79. The van der Waals surface area contributed by atoms with Crippen molar-refractivity contribution >= 4 is 11.8 Å². The number of rotatable bonds is 12. The predicted molar refractivity (Wildman–Crippen MR) is 181 cm³/mol. The number of hydrogen-bond acceptors (Lipinski definition) is 7. The Morgan fingerprint density at radius 2 is 1.44 bits per heavy atom. The molecule has 2 aliphatic rings. The molecule has 0 amide bonds. The number of tetrazole rings is 1. The van der Waals surface area contributed by atoms with Gasteiger partial charge in [-0.15, -0.1) is 5.10 Å². The number of benzene rings is 2. The first-order valence-corrected chi connectivity index (χ1v) is 17.8. The Morgan fingerprint density at radius 3 is 2.06 bits per heavy atom. The molecule has 0 spiro atoms. The van der Waals surface area contributed by atoms with E-state index < -0.39 is 53.9 Å². The first kappa shape index (κ1) is 39.3. The van der Waals surface area contributed by atoms with Gasteiger partial charge in [0.1, 0.15) is 5.82 Å². The molecule has 0 unspecified atom stereocenters. The molecule has 2 fully saturated rings. The minimum absolute atomic E-state index is 0.0100. The Bertz CT molecular complexity index is 1810. The van der Waals surface area contributed by atoms with Gasteiger partial charge in [-0.05, 0) is 84.5 Å². The van der Waals surface area contributed by atoms with Gasteiger partial charge < -0.3 is 14.5 Å². The first-order chi connectivity index (χ1) is 25.5. The van der Waals surface area contributed by atoms with E-state index in [2.05, 4.69) is 20.4 Å². The van der Waals surface area contributed by atoms with Crippen molar-refractivity contribution in [2.45, 2.75) is 89.2 Å². The molecule has 2 aromatic carbocycles. The fourth-order valence-electron chi connectivity index (χ4n) is 7.59. The number of nitrogens with zero attached hydrogens (tertiary/aromatic N) is 7. The number of halogens is 9. The fourth-order valence-corrected chi connectivity index (χ4v) is 7.59. The van der Waals surface area contributed by atoms with Gasteiger partial charge in [0, 0.05) is 44.0 Å². The van der Waals surface area contributed by atoms with Crippen LogP contribution in [0.15, 0.2) is 60.8 Å². The minimum atomic E-state index is -5.09. The molecule has 1 atom stereocenters. The van der Waals surface area contributed by atoms with Crippen molar-refractivity contribution in [2.75, 3.05) is 23.0 Å². The largest absolute Gasteiger partial charge is 0.417 e. The van der Waals surface area contributed by atoms with Gasteiger partial charge in [0.2, 0.25) is 0 Å². The summed E-state index contributed by atoms with van der Waals surface area (Å²) in [6, 6.07) is 12.0. The molecule has 2 aromatic heterocycles. The highest BCUT2D eigenvalue weighted by atomic mass is 19.4. The van der Waals surface area contributed by atoms with Crippen LogP contribution >= 0.6 is 0 Å². The van der Waals surface area contributed by atoms with Crippen LogP contribution in [0.3, 0.4) is 0 Å². The number of ether oxygens (including phenoxy) is 1. The van der Waals surface area contributed by atoms with Crippen molar-refractivity contribution in [2.24, 2.45) is 18.9 Å². The molecule has 8 nitrogen and oxygen atoms in total. The van der Waals surface area contributed by atoms with Gasteiger partial charge in [0.15, 0.2) is 0 Å². The third-order valence-electron chi connectivity index (χ3n) is 10.2. The molecular weight excluding hydrogens is 729 g/mol. The topological polar surface area (TPSA) is 72.2 Å². The molecule has 0 bridgehead atoms. The summed E-state index contributed by atoms with van der Waals surface area (Å²) in [4.78, 5) is 8.57. The van der Waals surface area contributed by atoms with Crippen LogP contribution in [0.1, 0.15) is 78.3 Å². The number of aryl methyl sites for hydroxylation is 1. The van der Waals surface area contributed by atoms with Crippen LogP contribution in [0.4, 0.5) is 51.3 Å². The van der Waals surface area contributed by atoms with E-state index in [1.807, 2.05) is 35.2 Å². The Labute approximate surface area is 306 Å². The molecule has 6 rings (SSSR count). The highest BCUT2D eigenvalue weighted by Gasteiger charge is 2.39. The molecule has 17 heteroatoms. The average molecular weight is 770 g/mol. The maximum absolute atomic E-state index is 14.1. The van der Waals surface area contributed by atoms with Gasteiger partial charge in [0.05, 0.1) is 30.3 Å². The molecule has 1 aliphatic heterocycles. The number of anilines is 2. The van der Waals surface area contributed by atoms with Crippen LogP contribution in [0.5, 0.6) is 0 Å². The van der Waals surface area contributed by atoms with E-state index in [4.69, 9.17) is 4.74 Å². The van der Waals surface area contributed by atoms with Crippen LogP contribution in [0, 0.1) is 11.8 Å². The van der Waals surface area contributed by atoms with E-state index in [1.54, 1.807) is 0 Å². The van der Waals surface area contributed by atoms with E-state index in [9.17, 15) is 39.5 Å². The van der Waals surface area contributed by atoms with E-state index in [-0.39, 0.29) is 35.4 Å². The number of alkyl halides is 9. The van der Waals surface area contributed by atoms with E-state index in [1.165, 1.54) is 11.9 Å². The quantitative estimate of drug-likeness (QED) is 0.105. The molecule has 54 heavy (non-hydrogen) atoms. The maximum Gasteiger partial charge on any atom is 0.417 e. The molecule has 0 radical (unpaired) electrons. The summed E-state index contributed by atoms with van der Waals surface area (Å²) in [6.07, 6.45) is -7.87. The second-order valence-corrected chi connectivity index (χ2v) is 14.1. The van der Waals surface area contributed by atoms with Crippen molar-refractivity contribution in [3.8, 4) is 0 Å². The summed E-state index contributed by atoms with van der Waals surface area (Å²) >= 11 is 0. The van der Waals surface area contributed by atoms with E-state index >= 15 is 0 Å². The smallest absolute Gasteiger partial charge is 0.377 e. The Hall–Kier alpha value is -4.41. The van der Waals surface area contributed by atoms with Crippen molar-refractivity contribution in [3.05, 3.63) is 94.2 Å². The van der Waals surface area contributed by atoms with E-state index in [0.717, 1.165) is 67.6 Å². The van der Waals surface area contributed by atoms with Crippen LogP contribution < -0.4 is 9.80 Å². The third-order valence-corrected chi connectivity index (χ3v) is 10.2. The first-order valence-electron chi connectivity index (χ1n) is 17.8. The maximum atomic E-state index is 14.1. The molecule has 1 aliphatic carbocycles. The summed E-state index contributed by atoms with van der Waals surface area (Å²) in [7, 11) is 1.40. The lowest BCUT2D eigenvalue weighted by atomic mass is 9.77. The van der Waals surface area contributed by atoms with Crippen LogP contribution in [0.25, 0.3) is 0 Å². The van der Waals surface area contributed by atoms with Gasteiger partial charge in [0.25, 0.3) is 5.95 Å². The fraction of sp³-hybridized carbons (Fsp3) is 0.514. The summed E-state index contributed by atoms with van der Waals surface area (Å²) in [6.45, 7) is 0.711. The number of aromatic nitrogens is 5. The summed E-state index contributed by atoms with van der Waals surface area (Å²) in [5.41, 5.74) is -3.28. The van der Waals surface area contributed by atoms with Crippen molar-refractivity contribution in [3.63, 3.8) is 0 Å².